The number of nitrogens with zero attached hydrogens (tertiary/aromatic N) is 1. The molecule has 0 aliphatic carbocycles. The van der Waals surface area contributed by atoms with Gasteiger partial charge in [0.15, 0.2) is 0 Å². The zero-order valence-corrected chi connectivity index (χ0v) is 18.9. The first-order valence-electron chi connectivity index (χ1n) is 10.1. The molecule has 0 saturated carbocycles. The van der Waals surface area contributed by atoms with Crippen molar-refractivity contribution in [1.29, 1.82) is 0 Å². The van der Waals surface area contributed by atoms with Crippen LogP contribution < -0.4 is 0 Å². The molecule has 1 aromatic rings. The largest absolute Gasteiger partial charge is 0.469 e. The number of hydrogen-bond donors (Lipinski definition) is 0. The van der Waals surface area contributed by atoms with E-state index in [1.807, 2.05) is 36.0 Å². The van der Waals surface area contributed by atoms with Crippen LogP contribution in [0.5, 0.6) is 0 Å². The number of carbonyl (C=O) groups excluding carboxylic acids is 1. The summed E-state index contributed by atoms with van der Waals surface area (Å²) in [5, 5.41) is 0. The summed E-state index contributed by atoms with van der Waals surface area (Å²) in [4.78, 5) is 14.9. The highest BCUT2D eigenvalue weighted by atomic mass is 32.2. The molecule has 1 fully saturated rings. The van der Waals surface area contributed by atoms with Crippen LogP contribution in [0.4, 0.5) is 0 Å². The van der Waals surface area contributed by atoms with Crippen molar-refractivity contribution in [3.63, 3.8) is 0 Å². The fraction of sp³-hybridized carbons (Fsp3) is 0.542. The van der Waals surface area contributed by atoms with Crippen LogP contribution in [-0.4, -0.2) is 41.7 Å². The molecule has 2 rings (SSSR count). The van der Waals surface area contributed by atoms with Crippen LogP contribution in [0.2, 0.25) is 0 Å². The zero-order valence-electron chi connectivity index (χ0n) is 18.1. The van der Waals surface area contributed by atoms with Crippen LogP contribution in [0.3, 0.4) is 0 Å². The lowest BCUT2D eigenvalue weighted by Gasteiger charge is -2.29. The second-order valence-electron chi connectivity index (χ2n) is 8.35. The molecule has 0 spiro atoms. The number of thioether (sulfide) groups is 1. The van der Waals surface area contributed by atoms with Crippen molar-refractivity contribution in [3.8, 4) is 0 Å². The minimum Gasteiger partial charge on any atom is -0.469 e. The van der Waals surface area contributed by atoms with E-state index in [-0.39, 0.29) is 16.8 Å². The highest BCUT2D eigenvalue weighted by Crippen LogP contribution is 2.37. The summed E-state index contributed by atoms with van der Waals surface area (Å²) in [7, 11) is 3.66. The predicted octanol–water partition coefficient (Wildman–Crippen LogP) is 5.19. The predicted molar refractivity (Wildman–Crippen MR) is 120 cm³/mol. The monoisotopic (exact) mass is 401 g/mol. The fourth-order valence-electron chi connectivity index (χ4n) is 3.36. The zero-order chi connectivity index (χ0) is 20.7. The maximum atomic E-state index is 12.3. The van der Waals surface area contributed by atoms with Crippen molar-refractivity contribution in [3.05, 3.63) is 60.2 Å². The lowest BCUT2D eigenvalue weighted by molar-refractivity contribution is -0.143. The summed E-state index contributed by atoms with van der Waals surface area (Å²) in [5.74, 6) is 1.44. The van der Waals surface area contributed by atoms with Gasteiger partial charge in [-0.2, -0.15) is 0 Å². The van der Waals surface area contributed by atoms with Gasteiger partial charge in [0.1, 0.15) is 0 Å². The van der Waals surface area contributed by atoms with Gasteiger partial charge in [0, 0.05) is 11.8 Å². The quantitative estimate of drug-likeness (QED) is 0.443. The van der Waals surface area contributed by atoms with Crippen LogP contribution in [0.15, 0.2) is 54.6 Å². The molecule has 0 unspecified atom stereocenters. The van der Waals surface area contributed by atoms with Gasteiger partial charge in [-0.3, -0.25) is 9.69 Å². The molecule has 1 aliphatic rings. The Bertz CT molecular complexity index is 681. The van der Waals surface area contributed by atoms with Crippen molar-refractivity contribution in [2.75, 3.05) is 19.9 Å². The Hall–Kier alpha value is -1.52. The Morgan fingerprint density at radius 1 is 1.25 bits per heavy atom. The lowest BCUT2D eigenvalue weighted by Crippen LogP contribution is -2.37. The van der Waals surface area contributed by atoms with Crippen LogP contribution in [0, 0.1) is 17.8 Å². The molecule has 1 saturated heterocycles. The first kappa shape index (κ1) is 22.8. The SMILES string of the molecule is COC(=O)[C@H](/C=C\[C@@H](/C=C/[C@@H]1CSC(C)(C)N1C)C(C)C)Cc1ccccc1. The molecule has 4 heteroatoms. The van der Waals surface area contributed by atoms with Crippen LogP contribution >= 0.6 is 11.8 Å². The molecule has 28 heavy (non-hydrogen) atoms. The molecule has 1 aliphatic heterocycles. The minimum absolute atomic E-state index is 0.180. The summed E-state index contributed by atoms with van der Waals surface area (Å²) in [6.07, 6.45) is 9.51. The first-order valence-corrected chi connectivity index (χ1v) is 11.1. The third-order valence-corrected chi connectivity index (χ3v) is 7.15. The number of likely N-dealkylation sites (N-methyl/N-ethyl adjacent to an activating group) is 1. The van der Waals surface area contributed by atoms with E-state index in [0.717, 1.165) is 11.3 Å². The molecule has 1 aromatic carbocycles. The van der Waals surface area contributed by atoms with E-state index in [1.54, 1.807) is 0 Å². The van der Waals surface area contributed by atoms with Gasteiger partial charge >= 0.3 is 5.97 Å². The first-order chi connectivity index (χ1) is 13.2. The van der Waals surface area contributed by atoms with Gasteiger partial charge < -0.3 is 4.74 Å². The van der Waals surface area contributed by atoms with E-state index in [4.69, 9.17) is 4.74 Å². The molecular weight excluding hydrogens is 366 g/mol. The Labute approximate surface area is 175 Å². The summed E-state index contributed by atoms with van der Waals surface area (Å²) in [6.45, 7) is 8.99. The van der Waals surface area contributed by atoms with E-state index in [0.29, 0.717) is 24.3 Å². The number of methoxy groups -OCH3 is 1. The van der Waals surface area contributed by atoms with Crippen molar-refractivity contribution in [2.45, 2.75) is 45.0 Å². The van der Waals surface area contributed by atoms with E-state index in [1.165, 1.54) is 7.11 Å². The van der Waals surface area contributed by atoms with E-state index in [2.05, 4.69) is 70.0 Å². The van der Waals surface area contributed by atoms with E-state index < -0.39 is 0 Å². The third kappa shape index (κ3) is 6.25. The summed E-state index contributed by atoms with van der Waals surface area (Å²) in [5.41, 5.74) is 1.14. The highest BCUT2D eigenvalue weighted by molar-refractivity contribution is 8.00. The van der Waals surface area contributed by atoms with Gasteiger partial charge in [-0.15, -0.1) is 11.8 Å². The molecule has 1 heterocycles. The second-order valence-corrected chi connectivity index (χ2v) is 9.97. The van der Waals surface area contributed by atoms with Gasteiger partial charge in [0.2, 0.25) is 0 Å². The number of benzene rings is 1. The smallest absolute Gasteiger partial charge is 0.312 e. The third-order valence-electron chi connectivity index (χ3n) is 5.65. The number of esters is 1. The minimum atomic E-state index is -0.259. The van der Waals surface area contributed by atoms with Crippen molar-refractivity contribution in [1.82, 2.24) is 4.90 Å². The highest BCUT2D eigenvalue weighted by Gasteiger charge is 2.35. The molecular formula is C24H35NO2S. The molecule has 3 nitrogen and oxygen atoms in total. The van der Waals surface area contributed by atoms with Gasteiger partial charge in [-0.1, -0.05) is 68.5 Å². The fourth-order valence-corrected chi connectivity index (χ4v) is 4.62. The van der Waals surface area contributed by atoms with Crippen molar-refractivity contribution >= 4 is 17.7 Å². The Morgan fingerprint density at radius 3 is 2.46 bits per heavy atom. The molecule has 154 valence electrons. The Morgan fingerprint density at radius 2 is 1.93 bits per heavy atom. The number of hydrogen-bond acceptors (Lipinski definition) is 4. The van der Waals surface area contributed by atoms with Gasteiger partial charge in [-0.25, -0.2) is 0 Å². The number of rotatable bonds is 8. The standard InChI is InChI=1S/C24H35NO2S/c1-18(2)20(14-15-22-17-28-24(3,4)25(22)5)12-13-21(23(26)27-6)16-19-10-8-7-9-11-19/h7-15,18,20-22H,16-17H2,1-6H3/b13-12-,15-14+/t20-,21+,22+/m0/s1. The number of allylic oxidation sites excluding steroid dienone is 2. The molecule has 0 N–H and O–H groups in total. The normalized spacial score (nSPS) is 22.2. The van der Waals surface area contributed by atoms with Crippen LogP contribution in [0.1, 0.15) is 33.3 Å². The topological polar surface area (TPSA) is 29.5 Å². The average Bonchev–Trinajstić information content (AvgIpc) is 2.93. The van der Waals surface area contributed by atoms with Crippen LogP contribution in [0.25, 0.3) is 0 Å². The second kappa shape index (κ2) is 10.3. The summed E-state index contributed by atoms with van der Waals surface area (Å²) in [6, 6.07) is 10.6. The average molecular weight is 402 g/mol. The Balaban J connectivity index is 2.10. The molecule has 0 amide bonds. The number of carbonyl (C=O) groups is 1. The van der Waals surface area contributed by atoms with Crippen molar-refractivity contribution < 1.29 is 9.53 Å². The molecule has 3 atom stereocenters. The summed E-state index contributed by atoms with van der Waals surface area (Å²) < 4.78 is 5.04. The van der Waals surface area contributed by atoms with Gasteiger partial charge in [0.05, 0.1) is 17.9 Å². The maximum absolute atomic E-state index is 12.3. The molecule has 0 bridgehead atoms. The lowest BCUT2D eigenvalue weighted by atomic mass is 9.91. The van der Waals surface area contributed by atoms with Crippen molar-refractivity contribution in [2.24, 2.45) is 17.8 Å². The van der Waals surface area contributed by atoms with Gasteiger partial charge in [0.25, 0.3) is 0 Å². The van der Waals surface area contributed by atoms with E-state index >= 15 is 0 Å². The van der Waals surface area contributed by atoms with Gasteiger partial charge in [-0.05, 0) is 44.7 Å². The van der Waals surface area contributed by atoms with E-state index in [9.17, 15) is 4.79 Å². The number of ether oxygens (including phenoxy) is 1. The molecule has 0 aromatic heterocycles. The van der Waals surface area contributed by atoms with Crippen LogP contribution in [-0.2, 0) is 16.0 Å². The maximum Gasteiger partial charge on any atom is 0.312 e. The molecule has 0 radical (unpaired) electrons. The summed E-state index contributed by atoms with van der Waals surface area (Å²) >= 11 is 2.00. The Kier molecular flexibility index (Phi) is 8.38.